The number of carbonyl (C=O) groups excluding carboxylic acids is 1. The summed E-state index contributed by atoms with van der Waals surface area (Å²) in [6.45, 7) is 4.24. The van der Waals surface area contributed by atoms with E-state index in [-0.39, 0.29) is 18.7 Å². The Bertz CT molecular complexity index is 1210. The Morgan fingerprint density at radius 2 is 1.97 bits per heavy atom. The van der Waals surface area contributed by atoms with Crippen molar-refractivity contribution in [2.24, 2.45) is 0 Å². The molecule has 4 aromatic rings. The number of hydrogen-bond acceptors (Lipinski definition) is 7. The number of anilines is 2. The number of carbonyl (C=O) groups is 1. The Hall–Kier alpha value is -4.05. The van der Waals surface area contributed by atoms with Gasteiger partial charge in [-0.1, -0.05) is 0 Å². The minimum atomic E-state index is -0.339. The topological polar surface area (TPSA) is 141 Å². The van der Waals surface area contributed by atoms with Crippen LogP contribution < -0.4 is 16.0 Å². The van der Waals surface area contributed by atoms with Crippen LogP contribution in [0, 0.1) is 0 Å². The smallest absolute Gasteiger partial charge is 0.321 e. The number of imidazole rings is 1. The zero-order valence-corrected chi connectivity index (χ0v) is 17.8. The molecule has 0 aliphatic carbocycles. The normalized spacial score (nSPS) is 11.8. The number of rotatable bonds is 7. The van der Waals surface area contributed by atoms with Crippen LogP contribution in [0.4, 0.5) is 16.6 Å². The van der Waals surface area contributed by atoms with Crippen LogP contribution in [0.5, 0.6) is 0 Å². The molecule has 0 fully saturated rings. The van der Waals surface area contributed by atoms with E-state index >= 15 is 0 Å². The molecule has 164 valence electrons. The molecule has 3 heterocycles. The first-order valence-corrected chi connectivity index (χ1v) is 10.3. The molecule has 0 bridgehead atoms. The Labute approximate surface area is 184 Å². The minimum absolute atomic E-state index is 0.0202. The van der Waals surface area contributed by atoms with Crippen molar-refractivity contribution in [3.63, 3.8) is 0 Å². The van der Waals surface area contributed by atoms with Crippen molar-refractivity contribution in [3.8, 4) is 22.5 Å². The van der Waals surface area contributed by atoms with E-state index in [1.54, 1.807) is 24.7 Å². The quantitative estimate of drug-likeness (QED) is 0.302. The van der Waals surface area contributed by atoms with Gasteiger partial charge in [0.05, 0.1) is 17.6 Å². The Balaban J connectivity index is 1.75. The second-order valence-electron chi connectivity index (χ2n) is 7.22. The summed E-state index contributed by atoms with van der Waals surface area (Å²) in [5, 5.41) is 17.7. The van der Waals surface area contributed by atoms with Crippen molar-refractivity contribution < 1.29 is 9.90 Å². The lowest BCUT2D eigenvalue weighted by molar-refractivity contribution is 0.252. The third-order valence-corrected chi connectivity index (χ3v) is 4.73. The lowest BCUT2D eigenvalue weighted by Crippen LogP contribution is -2.28. The van der Waals surface area contributed by atoms with Crippen molar-refractivity contribution in [2.75, 3.05) is 23.8 Å². The highest BCUT2D eigenvalue weighted by Gasteiger charge is 2.15. The van der Waals surface area contributed by atoms with Crippen molar-refractivity contribution in [3.05, 3.63) is 48.9 Å². The van der Waals surface area contributed by atoms with Crippen molar-refractivity contribution in [1.29, 1.82) is 0 Å². The molecule has 5 N–H and O–H groups in total. The zero-order valence-electron chi connectivity index (χ0n) is 17.8. The first-order valence-electron chi connectivity index (χ1n) is 10.3. The molecule has 3 aromatic heterocycles. The predicted molar refractivity (Wildman–Crippen MR) is 123 cm³/mol. The van der Waals surface area contributed by atoms with E-state index in [1.807, 2.05) is 38.1 Å². The molecule has 1 aromatic carbocycles. The molecule has 10 nitrogen and oxygen atoms in total. The molecule has 10 heteroatoms. The summed E-state index contributed by atoms with van der Waals surface area (Å²) in [4.78, 5) is 32.8. The average molecular weight is 432 g/mol. The summed E-state index contributed by atoms with van der Waals surface area (Å²) in [6, 6.07) is 9.00. The van der Waals surface area contributed by atoms with Crippen molar-refractivity contribution in [1.82, 2.24) is 30.2 Å². The second kappa shape index (κ2) is 9.40. The SMILES string of the molecule is CCNC(=O)Nc1nc2cc(-c3ccc(NC(C)CO)nc3)cc(-c3ncccn3)c2[nH]1. The molecule has 1 unspecified atom stereocenters. The highest BCUT2D eigenvalue weighted by Crippen LogP contribution is 2.32. The van der Waals surface area contributed by atoms with Gasteiger partial charge in [0, 0.05) is 42.3 Å². The third kappa shape index (κ3) is 4.65. The average Bonchev–Trinajstić information content (AvgIpc) is 3.21. The van der Waals surface area contributed by atoms with E-state index in [9.17, 15) is 9.90 Å². The van der Waals surface area contributed by atoms with E-state index in [4.69, 9.17) is 0 Å². The van der Waals surface area contributed by atoms with E-state index in [1.165, 1.54) is 0 Å². The number of H-pyrrole nitrogens is 1. The van der Waals surface area contributed by atoms with Crippen LogP contribution in [-0.4, -0.2) is 55.3 Å². The molecule has 0 aliphatic rings. The Morgan fingerprint density at radius 1 is 1.16 bits per heavy atom. The summed E-state index contributed by atoms with van der Waals surface area (Å²) in [6.07, 6.45) is 5.11. The van der Waals surface area contributed by atoms with Gasteiger partial charge in [-0.25, -0.2) is 24.7 Å². The van der Waals surface area contributed by atoms with Crippen LogP contribution in [0.3, 0.4) is 0 Å². The maximum absolute atomic E-state index is 11.9. The van der Waals surface area contributed by atoms with Crippen LogP contribution >= 0.6 is 0 Å². The Kier molecular flexibility index (Phi) is 6.22. The molecule has 0 saturated carbocycles. The maximum Gasteiger partial charge on any atom is 0.321 e. The van der Waals surface area contributed by atoms with Gasteiger partial charge in [0.15, 0.2) is 5.82 Å². The van der Waals surface area contributed by atoms with Gasteiger partial charge in [0.1, 0.15) is 5.82 Å². The number of amides is 2. The lowest BCUT2D eigenvalue weighted by atomic mass is 10.0. The molecule has 1 atom stereocenters. The van der Waals surface area contributed by atoms with Gasteiger partial charge in [-0.15, -0.1) is 0 Å². The summed E-state index contributed by atoms with van der Waals surface area (Å²) in [5.74, 6) is 1.54. The van der Waals surface area contributed by atoms with Gasteiger partial charge in [-0.2, -0.15) is 0 Å². The number of hydrogen-bond donors (Lipinski definition) is 5. The fourth-order valence-electron chi connectivity index (χ4n) is 3.21. The maximum atomic E-state index is 11.9. The van der Waals surface area contributed by atoms with E-state index < -0.39 is 0 Å². The van der Waals surface area contributed by atoms with Gasteiger partial charge in [-0.05, 0) is 49.7 Å². The van der Waals surface area contributed by atoms with Crippen LogP contribution in [0.1, 0.15) is 13.8 Å². The molecule has 2 amide bonds. The highest BCUT2D eigenvalue weighted by atomic mass is 16.3. The van der Waals surface area contributed by atoms with E-state index in [0.29, 0.717) is 29.7 Å². The molecule has 0 aliphatic heterocycles. The van der Waals surface area contributed by atoms with E-state index in [0.717, 1.165) is 22.2 Å². The molecular weight excluding hydrogens is 408 g/mol. The fourth-order valence-corrected chi connectivity index (χ4v) is 3.21. The number of aromatic nitrogens is 5. The van der Waals surface area contributed by atoms with Gasteiger partial charge < -0.3 is 20.7 Å². The summed E-state index contributed by atoms with van der Waals surface area (Å²) < 4.78 is 0. The second-order valence-corrected chi connectivity index (χ2v) is 7.22. The molecule has 32 heavy (non-hydrogen) atoms. The molecule has 0 saturated heterocycles. The summed E-state index contributed by atoms with van der Waals surface area (Å²) in [7, 11) is 0. The minimum Gasteiger partial charge on any atom is -0.394 e. The summed E-state index contributed by atoms with van der Waals surface area (Å²) in [5.41, 5.74) is 3.89. The van der Waals surface area contributed by atoms with Gasteiger partial charge in [0.2, 0.25) is 5.95 Å². The predicted octanol–water partition coefficient (Wildman–Crippen LogP) is 3.02. The number of aliphatic hydroxyl groups excluding tert-OH is 1. The number of pyridine rings is 1. The standard InChI is InChI=1S/C22H24N8O2/c1-3-23-22(32)30-21-28-17-10-15(14-5-6-18(26-11-14)27-13(2)12-31)9-16(19(17)29-21)20-24-7-4-8-25-20/h4-11,13,31H,3,12H2,1-2H3,(H,26,27)(H3,23,28,29,30,32). The lowest BCUT2D eigenvalue weighted by Gasteiger charge is -2.12. The van der Waals surface area contributed by atoms with Crippen molar-refractivity contribution >= 4 is 28.8 Å². The number of nitrogens with zero attached hydrogens (tertiary/aromatic N) is 4. The molecule has 0 radical (unpaired) electrons. The fraction of sp³-hybridized carbons (Fsp3) is 0.227. The van der Waals surface area contributed by atoms with Crippen LogP contribution in [-0.2, 0) is 0 Å². The van der Waals surface area contributed by atoms with Gasteiger partial charge in [-0.3, -0.25) is 5.32 Å². The number of aliphatic hydroxyl groups is 1. The van der Waals surface area contributed by atoms with Gasteiger partial charge >= 0.3 is 6.03 Å². The first-order chi connectivity index (χ1) is 15.6. The van der Waals surface area contributed by atoms with Crippen molar-refractivity contribution in [2.45, 2.75) is 19.9 Å². The highest BCUT2D eigenvalue weighted by molar-refractivity contribution is 5.97. The zero-order chi connectivity index (χ0) is 22.5. The number of aromatic amines is 1. The summed E-state index contributed by atoms with van der Waals surface area (Å²) >= 11 is 0. The number of fused-ring (bicyclic) bond motifs is 1. The molecular formula is C22H24N8O2. The number of nitrogens with one attached hydrogen (secondary N) is 4. The number of urea groups is 1. The van der Waals surface area contributed by atoms with E-state index in [2.05, 4.69) is 40.9 Å². The molecule has 0 spiro atoms. The Morgan fingerprint density at radius 3 is 2.66 bits per heavy atom. The van der Waals surface area contributed by atoms with Crippen LogP contribution in [0.15, 0.2) is 48.9 Å². The largest absolute Gasteiger partial charge is 0.394 e. The van der Waals surface area contributed by atoms with Crippen LogP contribution in [0.25, 0.3) is 33.5 Å². The number of benzene rings is 1. The first kappa shape index (κ1) is 21.2. The third-order valence-electron chi connectivity index (χ3n) is 4.73. The monoisotopic (exact) mass is 432 g/mol. The van der Waals surface area contributed by atoms with Gasteiger partial charge in [0.25, 0.3) is 0 Å². The van der Waals surface area contributed by atoms with Crippen LogP contribution in [0.2, 0.25) is 0 Å². The molecule has 4 rings (SSSR count).